The quantitative estimate of drug-likeness (QED) is 0.432. The van der Waals surface area contributed by atoms with Crippen molar-refractivity contribution in [2.45, 2.75) is 71.3 Å². The van der Waals surface area contributed by atoms with Gasteiger partial charge in [0.15, 0.2) is 6.61 Å². The Hall–Kier alpha value is -2.86. The number of nitrogens with one attached hydrogen (secondary N) is 2. The lowest BCUT2D eigenvalue weighted by molar-refractivity contribution is -0.125. The number of para-hydroxylation sites is 1. The normalized spacial score (nSPS) is 36.9. The van der Waals surface area contributed by atoms with E-state index in [1.807, 2.05) is 18.3 Å². The molecule has 6 nitrogen and oxygen atoms in total. The molecular formula is C32H41N3O3. The molecule has 38 heavy (non-hydrogen) atoms. The Balaban J connectivity index is 1.03. The summed E-state index contributed by atoms with van der Waals surface area (Å²) < 4.78 is 0. The van der Waals surface area contributed by atoms with Crippen molar-refractivity contribution in [3.8, 4) is 0 Å². The lowest BCUT2D eigenvalue weighted by Gasteiger charge is -2.58. The van der Waals surface area contributed by atoms with Gasteiger partial charge in [-0.2, -0.15) is 0 Å². The molecule has 0 spiro atoms. The highest BCUT2D eigenvalue weighted by atomic mass is 16.6. The predicted molar refractivity (Wildman–Crippen MR) is 151 cm³/mol. The van der Waals surface area contributed by atoms with Gasteiger partial charge in [0.05, 0.1) is 5.60 Å². The molecule has 1 aromatic heterocycles. The second-order valence-electron chi connectivity index (χ2n) is 12.7. The summed E-state index contributed by atoms with van der Waals surface area (Å²) in [5.74, 6) is 1.72. The molecule has 1 aromatic carbocycles. The number of H-pyrrole nitrogens is 1. The van der Waals surface area contributed by atoms with Crippen molar-refractivity contribution in [2.24, 2.45) is 33.7 Å². The molecule has 202 valence electrons. The number of rotatable bonds is 6. The molecule has 0 saturated heterocycles. The number of carbonyl (C=O) groups excluding carboxylic acids is 1. The van der Waals surface area contributed by atoms with Crippen molar-refractivity contribution in [3.05, 3.63) is 59.8 Å². The van der Waals surface area contributed by atoms with Crippen molar-refractivity contribution in [2.75, 3.05) is 13.2 Å². The minimum absolute atomic E-state index is 0.0392. The SMILES string of the molecule is C[C@]12C=C/C(=N/OCC(=O)NCCc3c[nH]c4ccccc34)C=C1CC[C@@H]1[C@@H]2CC[C@@]2(C)[C@H]1CC[C@]2(C)O. The Kier molecular flexibility index (Phi) is 6.29. The summed E-state index contributed by atoms with van der Waals surface area (Å²) in [6.45, 7) is 7.26. The number of oxime groups is 1. The summed E-state index contributed by atoms with van der Waals surface area (Å²) in [7, 11) is 0. The molecule has 0 radical (unpaired) electrons. The molecule has 0 aliphatic heterocycles. The maximum absolute atomic E-state index is 12.3. The van der Waals surface area contributed by atoms with Crippen molar-refractivity contribution in [1.29, 1.82) is 0 Å². The molecular weight excluding hydrogens is 474 g/mol. The maximum atomic E-state index is 12.3. The highest BCUT2D eigenvalue weighted by Gasteiger charge is 2.61. The van der Waals surface area contributed by atoms with Crippen LogP contribution in [-0.4, -0.2) is 40.5 Å². The second kappa shape index (κ2) is 9.41. The molecule has 6 rings (SSSR count). The third-order valence-corrected chi connectivity index (χ3v) is 10.9. The molecule has 2 aromatic rings. The van der Waals surface area contributed by atoms with Gasteiger partial charge in [-0.1, -0.05) is 48.9 Å². The Morgan fingerprint density at radius 2 is 1.97 bits per heavy atom. The van der Waals surface area contributed by atoms with Crippen LogP contribution in [0.25, 0.3) is 10.9 Å². The van der Waals surface area contributed by atoms with Crippen LogP contribution >= 0.6 is 0 Å². The monoisotopic (exact) mass is 515 g/mol. The molecule has 4 aliphatic carbocycles. The zero-order valence-corrected chi connectivity index (χ0v) is 22.9. The third-order valence-electron chi connectivity index (χ3n) is 10.9. The van der Waals surface area contributed by atoms with E-state index in [-0.39, 0.29) is 23.3 Å². The van der Waals surface area contributed by atoms with Crippen LogP contribution in [0.1, 0.15) is 64.9 Å². The van der Waals surface area contributed by atoms with Crippen molar-refractivity contribution >= 4 is 22.5 Å². The van der Waals surface area contributed by atoms with Gasteiger partial charge < -0.3 is 20.2 Å². The average molecular weight is 516 g/mol. The number of nitrogens with zero attached hydrogens (tertiary/aromatic N) is 1. The molecule has 0 unspecified atom stereocenters. The van der Waals surface area contributed by atoms with E-state index in [2.05, 4.69) is 66.6 Å². The summed E-state index contributed by atoms with van der Waals surface area (Å²) >= 11 is 0. The number of fused-ring (bicyclic) bond motifs is 6. The van der Waals surface area contributed by atoms with Gasteiger partial charge in [0.25, 0.3) is 5.91 Å². The van der Waals surface area contributed by atoms with Crippen LogP contribution in [0.5, 0.6) is 0 Å². The van der Waals surface area contributed by atoms with Crippen molar-refractivity contribution in [3.63, 3.8) is 0 Å². The van der Waals surface area contributed by atoms with Gasteiger partial charge in [-0.3, -0.25) is 4.79 Å². The number of benzene rings is 1. The van der Waals surface area contributed by atoms with Gasteiger partial charge in [0, 0.05) is 29.1 Å². The van der Waals surface area contributed by atoms with E-state index >= 15 is 0 Å². The molecule has 6 atom stereocenters. The average Bonchev–Trinajstić information content (AvgIpc) is 3.41. The van der Waals surface area contributed by atoms with Crippen molar-refractivity contribution < 1.29 is 14.7 Å². The number of carbonyl (C=O) groups is 1. The van der Waals surface area contributed by atoms with E-state index in [1.165, 1.54) is 22.9 Å². The highest BCUT2D eigenvalue weighted by molar-refractivity contribution is 6.05. The molecule has 3 N–H and O–H groups in total. The standard InChI is InChI=1S/C32H41N3O3/c1-30-14-10-23(35-38-20-29(36)33-17-13-21-19-34-28-7-5-4-6-24(21)28)18-22(30)8-9-25-26(30)11-15-31(2)27(25)12-16-32(31,3)37/h4-7,10,14,18-19,25-27,34,37H,8-9,11-13,15-17,20H2,1-3H3,(H,33,36)/b35-23-/t25-,26+,27+,30+,31+,32+/m1/s1. The second-order valence-corrected chi connectivity index (χ2v) is 12.7. The third kappa shape index (κ3) is 4.12. The minimum Gasteiger partial charge on any atom is -0.390 e. The first-order chi connectivity index (χ1) is 18.2. The van der Waals surface area contributed by atoms with E-state index in [0.29, 0.717) is 24.3 Å². The van der Waals surface area contributed by atoms with Gasteiger partial charge >= 0.3 is 0 Å². The van der Waals surface area contributed by atoms with Crippen LogP contribution < -0.4 is 5.32 Å². The van der Waals surface area contributed by atoms with Crippen molar-refractivity contribution in [1.82, 2.24) is 10.3 Å². The van der Waals surface area contributed by atoms with Crippen LogP contribution in [0.4, 0.5) is 0 Å². The summed E-state index contributed by atoms with van der Waals surface area (Å²) in [6.07, 6.45) is 15.9. The number of allylic oxidation sites excluding steroid dienone is 4. The molecule has 0 bridgehead atoms. The maximum Gasteiger partial charge on any atom is 0.260 e. The van der Waals surface area contributed by atoms with Crippen LogP contribution in [-0.2, 0) is 16.1 Å². The fraction of sp³-hybridized carbons (Fsp3) is 0.562. The van der Waals surface area contributed by atoms with E-state index in [1.54, 1.807) is 0 Å². The number of hydrogen-bond donors (Lipinski definition) is 3. The molecule has 1 heterocycles. The van der Waals surface area contributed by atoms with Crippen LogP contribution in [0.3, 0.4) is 0 Å². The fourth-order valence-electron chi connectivity index (χ4n) is 8.40. The van der Waals surface area contributed by atoms with Gasteiger partial charge in [0.1, 0.15) is 5.71 Å². The number of hydrogen-bond acceptors (Lipinski definition) is 4. The number of amides is 1. The Bertz CT molecular complexity index is 1320. The zero-order valence-electron chi connectivity index (χ0n) is 22.9. The molecule has 4 aliphatic rings. The molecule has 6 heteroatoms. The summed E-state index contributed by atoms with van der Waals surface area (Å²) in [6, 6.07) is 8.19. The summed E-state index contributed by atoms with van der Waals surface area (Å²) in [5.41, 5.74) is 4.06. The Morgan fingerprint density at radius 3 is 2.84 bits per heavy atom. The van der Waals surface area contributed by atoms with Crippen LogP contribution in [0, 0.1) is 28.6 Å². The number of aromatic nitrogens is 1. The van der Waals surface area contributed by atoms with Crippen LogP contribution in [0.15, 0.2) is 59.4 Å². The molecule has 3 saturated carbocycles. The first-order valence-corrected chi connectivity index (χ1v) is 14.4. The largest absolute Gasteiger partial charge is 0.390 e. The Morgan fingerprint density at radius 1 is 1.16 bits per heavy atom. The zero-order chi connectivity index (χ0) is 26.5. The summed E-state index contributed by atoms with van der Waals surface area (Å²) in [5, 5.41) is 19.6. The van der Waals surface area contributed by atoms with Crippen LogP contribution in [0.2, 0.25) is 0 Å². The van der Waals surface area contributed by atoms with E-state index < -0.39 is 5.60 Å². The first-order valence-electron chi connectivity index (χ1n) is 14.4. The van der Waals surface area contributed by atoms with Gasteiger partial charge in [-0.25, -0.2) is 0 Å². The number of aliphatic hydroxyl groups is 1. The Labute approximate surface area is 225 Å². The van der Waals surface area contributed by atoms with E-state index in [9.17, 15) is 9.90 Å². The lowest BCUT2D eigenvalue weighted by Crippen LogP contribution is -2.53. The van der Waals surface area contributed by atoms with Gasteiger partial charge in [-0.15, -0.1) is 0 Å². The van der Waals surface area contributed by atoms with E-state index in [0.717, 1.165) is 49.8 Å². The molecule has 3 fully saturated rings. The molecule has 1 amide bonds. The topological polar surface area (TPSA) is 86.7 Å². The summed E-state index contributed by atoms with van der Waals surface area (Å²) in [4.78, 5) is 21.0. The highest BCUT2D eigenvalue weighted by Crippen LogP contribution is 2.66. The minimum atomic E-state index is -0.540. The predicted octanol–water partition coefficient (Wildman–Crippen LogP) is 5.69. The fourth-order valence-corrected chi connectivity index (χ4v) is 8.40. The number of aromatic amines is 1. The van der Waals surface area contributed by atoms with E-state index in [4.69, 9.17) is 4.84 Å². The first kappa shape index (κ1) is 25.4. The lowest BCUT2D eigenvalue weighted by atomic mass is 9.47. The van der Waals surface area contributed by atoms with Gasteiger partial charge in [-0.05, 0) is 98.8 Å². The smallest absolute Gasteiger partial charge is 0.260 e. The van der Waals surface area contributed by atoms with Gasteiger partial charge in [0.2, 0.25) is 0 Å².